The van der Waals surface area contributed by atoms with Gasteiger partial charge in [0, 0.05) is 13.6 Å². The first-order valence-corrected chi connectivity index (χ1v) is 8.02. The van der Waals surface area contributed by atoms with Crippen molar-refractivity contribution in [1.29, 1.82) is 0 Å². The lowest BCUT2D eigenvalue weighted by Gasteiger charge is -2.29. The summed E-state index contributed by atoms with van der Waals surface area (Å²) in [6.07, 6.45) is 5.64. The molecule has 0 amide bonds. The Hall–Kier alpha value is -0.0400. The van der Waals surface area contributed by atoms with Gasteiger partial charge in [-0.25, -0.2) is 0 Å². The van der Waals surface area contributed by atoms with Crippen LogP contribution in [0.15, 0.2) is 4.99 Å². The molecule has 2 bridgehead atoms. The number of nitrogens with one attached hydrogen (secondary N) is 2. The summed E-state index contributed by atoms with van der Waals surface area (Å²) < 4.78 is 5.88. The van der Waals surface area contributed by atoms with Crippen molar-refractivity contribution in [2.45, 2.75) is 71.6 Å². The lowest BCUT2D eigenvalue weighted by Crippen LogP contribution is -2.49. The summed E-state index contributed by atoms with van der Waals surface area (Å²) >= 11 is 0. The van der Waals surface area contributed by atoms with Gasteiger partial charge in [0.1, 0.15) is 0 Å². The molecular formula is C16H32IN3O. The van der Waals surface area contributed by atoms with Crippen LogP contribution in [0.2, 0.25) is 0 Å². The van der Waals surface area contributed by atoms with Crippen LogP contribution >= 0.6 is 24.0 Å². The van der Waals surface area contributed by atoms with Crippen molar-refractivity contribution >= 4 is 29.9 Å². The average Bonchev–Trinajstić information content (AvgIpc) is 2.94. The van der Waals surface area contributed by atoms with Gasteiger partial charge in [-0.1, -0.05) is 27.7 Å². The molecule has 124 valence electrons. The fourth-order valence-electron chi connectivity index (χ4n) is 3.66. The molecule has 2 rings (SSSR count). The standard InChI is InChI=1S/C16H31N3O.HI/c1-11(2)9-16(3,4)10-18-15(17-5)19-13-8-12-6-7-14(13)20-12;/h11-14H,6-10H2,1-5H3,(H2,17,18,19);1H. The van der Waals surface area contributed by atoms with E-state index in [1.165, 1.54) is 19.3 Å². The third-order valence-electron chi connectivity index (χ3n) is 4.35. The Bertz CT molecular complexity index is 357. The molecule has 4 nitrogen and oxygen atoms in total. The largest absolute Gasteiger partial charge is 0.373 e. The second kappa shape index (κ2) is 7.99. The van der Waals surface area contributed by atoms with Crippen LogP contribution < -0.4 is 10.6 Å². The number of guanidine groups is 1. The van der Waals surface area contributed by atoms with Crippen LogP contribution in [-0.2, 0) is 4.74 Å². The monoisotopic (exact) mass is 409 g/mol. The van der Waals surface area contributed by atoms with Crippen LogP contribution in [0.3, 0.4) is 0 Å². The van der Waals surface area contributed by atoms with Crippen LogP contribution in [0.5, 0.6) is 0 Å². The van der Waals surface area contributed by atoms with Gasteiger partial charge in [0.15, 0.2) is 5.96 Å². The highest BCUT2D eigenvalue weighted by Gasteiger charge is 2.41. The molecule has 0 aromatic carbocycles. The second-order valence-corrected chi connectivity index (χ2v) is 7.55. The molecule has 0 aromatic rings. The molecule has 2 fully saturated rings. The molecule has 2 heterocycles. The van der Waals surface area contributed by atoms with E-state index in [1.807, 2.05) is 7.05 Å². The summed E-state index contributed by atoms with van der Waals surface area (Å²) in [7, 11) is 1.85. The molecule has 2 saturated heterocycles. The van der Waals surface area contributed by atoms with Gasteiger partial charge in [-0.2, -0.15) is 0 Å². The summed E-state index contributed by atoms with van der Waals surface area (Å²) in [4.78, 5) is 4.36. The minimum atomic E-state index is 0. The fourth-order valence-corrected chi connectivity index (χ4v) is 3.66. The van der Waals surface area contributed by atoms with Crippen LogP contribution in [0, 0.1) is 11.3 Å². The molecule has 21 heavy (non-hydrogen) atoms. The van der Waals surface area contributed by atoms with Crippen molar-refractivity contribution in [3.05, 3.63) is 0 Å². The topological polar surface area (TPSA) is 45.7 Å². The number of hydrogen-bond acceptors (Lipinski definition) is 2. The molecule has 0 spiro atoms. The third-order valence-corrected chi connectivity index (χ3v) is 4.35. The number of aliphatic imine (C=N–C) groups is 1. The highest BCUT2D eigenvalue weighted by atomic mass is 127. The quantitative estimate of drug-likeness (QED) is 0.417. The Morgan fingerprint density at radius 1 is 1.33 bits per heavy atom. The Labute approximate surface area is 146 Å². The van der Waals surface area contributed by atoms with Crippen LogP contribution in [0.4, 0.5) is 0 Å². The smallest absolute Gasteiger partial charge is 0.191 e. The zero-order valence-corrected chi connectivity index (χ0v) is 16.4. The first-order chi connectivity index (χ1) is 9.39. The number of nitrogens with zero attached hydrogens (tertiary/aromatic N) is 1. The number of hydrogen-bond donors (Lipinski definition) is 2. The molecule has 2 aliphatic rings. The van der Waals surface area contributed by atoms with E-state index in [9.17, 15) is 0 Å². The normalized spacial score (nSPS) is 28.7. The SMILES string of the molecule is CN=C(NCC(C)(C)CC(C)C)NC1CC2CCC1O2.I. The number of rotatable bonds is 5. The van der Waals surface area contributed by atoms with Gasteiger partial charge in [0.2, 0.25) is 0 Å². The van der Waals surface area contributed by atoms with Crippen molar-refractivity contribution in [3.8, 4) is 0 Å². The predicted molar refractivity (Wildman–Crippen MR) is 99.4 cm³/mol. The first-order valence-electron chi connectivity index (χ1n) is 8.02. The highest BCUT2D eigenvalue weighted by Crippen LogP contribution is 2.34. The number of ether oxygens (including phenoxy) is 1. The van der Waals surface area contributed by atoms with E-state index in [4.69, 9.17) is 4.74 Å². The minimum Gasteiger partial charge on any atom is -0.373 e. The summed E-state index contributed by atoms with van der Waals surface area (Å²) in [6, 6.07) is 0.438. The van der Waals surface area contributed by atoms with Crippen molar-refractivity contribution in [3.63, 3.8) is 0 Å². The fraction of sp³-hybridized carbons (Fsp3) is 0.938. The summed E-state index contributed by atoms with van der Waals surface area (Å²) in [5.74, 6) is 1.64. The summed E-state index contributed by atoms with van der Waals surface area (Å²) in [5.41, 5.74) is 0.289. The maximum absolute atomic E-state index is 5.88. The Balaban J connectivity index is 0.00000220. The van der Waals surface area contributed by atoms with E-state index in [-0.39, 0.29) is 29.4 Å². The van der Waals surface area contributed by atoms with Gasteiger partial charge in [0.05, 0.1) is 18.2 Å². The van der Waals surface area contributed by atoms with Gasteiger partial charge >= 0.3 is 0 Å². The maximum atomic E-state index is 5.88. The molecule has 0 radical (unpaired) electrons. The van der Waals surface area contributed by atoms with Gasteiger partial charge in [-0.05, 0) is 37.0 Å². The van der Waals surface area contributed by atoms with Crippen molar-refractivity contribution in [1.82, 2.24) is 10.6 Å². The highest BCUT2D eigenvalue weighted by molar-refractivity contribution is 14.0. The molecule has 0 aromatic heterocycles. The van der Waals surface area contributed by atoms with E-state index in [0.717, 1.165) is 24.8 Å². The lowest BCUT2D eigenvalue weighted by atomic mass is 9.84. The third kappa shape index (κ3) is 5.58. The zero-order chi connectivity index (χ0) is 14.8. The van der Waals surface area contributed by atoms with Crippen molar-refractivity contribution < 1.29 is 4.74 Å². The molecular weight excluding hydrogens is 377 g/mol. The Morgan fingerprint density at radius 2 is 2.05 bits per heavy atom. The molecule has 0 aliphatic carbocycles. The van der Waals surface area contributed by atoms with Crippen LogP contribution in [-0.4, -0.2) is 37.8 Å². The molecule has 0 saturated carbocycles. The molecule has 3 atom stereocenters. The van der Waals surface area contributed by atoms with Crippen molar-refractivity contribution in [2.24, 2.45) is 16.3 Å². The Kier molecular flexibility index (Phi) is 7.24. The minimum absolute atomic E-state index is 0. The van der Waals surface area contributed by atoms with Gasteiger partial charge in [-0.15, -0.1) is 24.0 Å². The van der Waals surface area contributed by atoms with E-state index >= 15 is 0 Å². The molecule has 2 aliphatic heterocycles. The van der Waals surface area contributed by atoms with E-state index < -0.39 is 0 Å². The van der Waals surface area contributed by atoms with Crippen LogP contribution in [0.1, 0.15) is 53.4 Å². The Morgan fingerprint density at radius 3 is 2.52 bits per heavy atom. The van der Waals surface area contributed by atoms with E-state index in [0.29, 0.717) is 18.2 Å². The summed E-state index contributed by atoms with van der Waals surface area (Å²) in [6.45, 7) is 10.1. The van der Waals surface area contributed by atoms with Gasteiger partial charge in [0.25, 0.3) is 0 Å². The summed E-state index contributed by atoms with van der Waals surface area (Å²) in [5, 5.41) is 7.02. The first kappa shape index (κ1) is 19.0. The molecule has 5 heteroatoms. The van der Waals surface area contributed by atoms with Gasteiger partial charge < -0.3 is 15.4 Å². The number of halogens is 1. The predicted octanol–water partition coefficient (Wildman–Crippen LogP) is 3.16. The average molecular weight is 409 g/mol. The zero-order valence-electron chi connectivity index (χ0n) is 14.1. The molecule has 3 unspecified atom stereocenters. The van der Waals surface area contributed by atoms with E-state index in [1.54, 1.807) is 0 Å². The lowest BCUT2D eigenvalue weighted by molar-refractivity contribution is 0.0992. The number of fused-ring (bicyclic) bond motifs is 2. The van der Waals surface area contributed by atoms with Gasteiger partial charge in [-0.3, -0.25) is 4.99 Å². The van der Waals surface area contributed by atoms with E-state index in [2.05, 4.69) is 43.3 Å². The van der Waals surface area contributed by atoms with Crippen molar-refractivity contribution in [2.75, 3.05) is 13.6 Å². The second-order valence-electron chi connectivity index (χ2n) is 7.55. The maximum Gasteiger partial charge on any atom is 0.191 e. The van der Waals surface area contributed by atoms with Crippen LogP contribution in [0.25, 0.3) is 0 Å². The molecule has 2 N–H and O–H groups in total.